The van der Waals surface area contributed by atoms with Crippen molar-refractivity contribution in [2.24, 2.45) is 4.99 Å². The van der Waals surface area contributed by atoms with Crippen LogP contribution in [-0.4, -0.2) is 68.9 Å². The highest BCUT2D eigenvalue weighted by atomic mass is 127. The van der Waals surface area contributed by atoms with Crippen LogP contribution < -0.4 is 15.4 Å². The summed E-state index contributed by atoms with van der Waals surface area (Å²) in [5.41, 5.74) is 1.25. The van der Waals surface area contributed by atoms with Gasteiger partial charge in [0, 0.05) is 43.7 Å². The van der Waals surface area contributed by atoms with Crippen molar-refractivity contribution in [2.45, 2.75) is 32.7 Å². The minimum Gasteiger partial charge on any atom is -0.497 e. The SMILES string of the molecule is CCNC(=NCC(c1ccc(OC)cc1)N1CCOCC1)NCCc1ncc(CC)s1.I. The predicted molar refractivity (Wildman–Crippen MR) is 143 cm³/mol. The number of hydrogen-bond donors (Lipinski definition) is 2. The van der Waals surface area contributed by atoms with Gasteiger partial charge in [-0.15, -0.1) is 35.3 Å². The maximum Gasteiger partial charge on any atom is 0.191 e. The first kappa shape index (κ1) is 26.8. The molecule has 0 aliphatic carbocycles. The molecule has 0 amide bonds. The minimum absolute atomic E-state index is 0. The second-order valence-corrected chi connectivity index (χ2v) is 8.61. The average molecular weight is 574 g/mol. The van der Waals surface area contributed by atoms with Gasteiger partial charge in [0.15, 0.2) is 5.96 Å². The topological polar surface area (TPSA) is 71.0 Å². The molecule has 0 bridgehead atoms. The van der Waals surface area contributed by atoms with E-state index in [-0.39, 0.29) is 30.0 Å². The van der Waals surface area contributed by atoms with Gasteiger partial charge >= 0.3 is 0 Å². The fourth-order valence-corrected chi connectivity index (χ4v) is 4.44. The molecule has 1 atom stereocenters. The summed E-state index contributed by atoms with van der Waals surface area (Å²) in [5.74, 6) is 1.72. The van der Waals surface area contributed by atoms with Crippen molar-refractivity contribution in [1.29, 1.82) is 0 Å². The third-order valence-electron chi connectivity index (χ3n) is 5.33. The molecule has 7 nitrogen and oxygen atoms in total. The lowest BCUT2D eigenvalue weighted by atomic mass is 10.0. The van der Waals surface area contributed by atoms with Gasteiger partial charge in [0.2, 0.25) is 0 Å². The molecule has 1 fully saturated rings. The standard InChI is InChI=1S/C23H35N5O2S.HI/c1-4-20-16-26-22(31-20)10-11-25-23(24-5-2)27-17-21(28-12-14-30-15-13-28)18-6-8-19(29-3)9-7-18;/h6-9,16,21H,4-5,10-15,17H2,1-3H3,(H2,24,25,27);1H. The third kappa shape index (κ3) is 8.17. The van der Waals surface area contributed by atoms with Crippen LogP contribution in [0.4, 0.5) is 0 Å². The van der Waals surface area contributed by atoms with Gasteiger partial charge in [-0.3, -0.25) is 9.89 Å². The highest BCUT2D eigenvalue weighted by Gasteiger charge is 2.22. The third-order valence-corrected chi connectivity index (χ3v) is 6.54. The van der Waals surface area contributed by atoms with E-state index < -0.39 is 0 Å². The zero-order valence-electron chi connectivity index (χ0n) is 19.3. The second kappa shape index (κ2) is 14.7. The van der Waals surface area contributed by atoms with E-state index in [1.807, 2.05) is 18.3 Å². The largest absolute Gasteiger partial charge is 0.497 e. The van der Waals surface area contributed by atoms with Crippen molar-refractivity contribution in [3.05, 3.63) is 45.9 Å². The number of nitrogens with one attached hydrogen (secondary N) is 2. The molecular weight excluding hydrogens is 537 g/mol. The van der Waals surface area contributed by atoms with Crippen molar-refractivity contribution in [3.63, 3.8) is 0 Å². The van der Waals surface area contributed by atoms with Crippen molar-refractivity contribution in [3.8, 4) is 5.75 Å². The Morgan fingerprint density at radius 2 is 1.97 bits per heavy atom. The molecule has 3 rings (SSSR count). The number of guanidine groups is 1. The quantitative estimate of drug-likeness (QED) is 0.258. The van der Waals surface area contributed by atoms with E-state index in [2.05, 4.69) is 46.5 Å². The number of morpholine rings is 1. The molecule has 178 valence electrons. The summed E-state index contributed by atoms with van der Waals surface area (Å²) in [6.45, 7) is 9.94. The minimum atomic E-state index is 0. The summed E-state index contributed by atoms with van der Waals surface area (Å²) in [6.07, 6.45) is 3.94. The van der Waals surface area contributed by atoms with Gasteiger partial charge in [-0.05, 0) is 31.0 Å². The van der Waals surface area contributed by atoms with E-state index in [0.29, 0.717) is 6.54 Å². The second-order valence-electron chi connectivity index (χ2n) is 7.41. The lowest BCUT2D eigenvalue weighted by Crippen LogP contribution is -2.42. The van der Waals surface area contributed by atoms with Crippen LogP contribution in [0.15, 0.2) is 35.5 Å². The molecule has 0 saturated carbocycles. The van der Waals surface area contributed by atoms with Gasteiger partial charge in [0.05, 0.1) is 37.9 Å². The van der Waals surface area contributed by atoms with E-state index >= 15 is 0 Å². The number of aromatic nitrogens is 1. The Hall–Kier alpha value is -1.43. The number of thiazole rings is 1. The number of ether oxygens (including phenoxy) is 2. The van der Waals surface area contributed by atoms with E-state index in [1.165, 1.54) is 15.4 Å². The van der Waals surface area contributed by atoms with Crippen LogP contribution in [0, 0.1) is 0 Å². The van der Waals surface area contributed by atoms with Crippen LogP contribution in [-0.2, 0) is 17.6 Å². The molecular formula is C23H36IN5O2S. The van der Waals surface area contributed by atoms with Crippen LogP contribution in [0.2, 0.25) is 0 Å². The lowest BCUT2D eigenvalue weighted by molar-refractivity contribution is 0.0179. The Labute approximate surface area is 213 Å². The summed E-state index contributed by atoms with van der Waals surface area (Å²) in [7, 11) is 1.70. The molecule has 1 unspecified atom stereocenters. The fraction of sp³-hybridized carbons (Fsp3) is 0.565. The van der Waals surface area contributed by atoms with E-state index in [1.54, 1.807) is 18.4 Å². The lowest BCUT2D eigenvalue weighted by Gasteiger charge is -2.34. The number of methoxy groups -OCH3 is 1. The van der Waals surface area contributed by atoms with E-state index in [4.69, 9.17) is 14.5 Å². The summed E-state index contributed by atoms with van der Waals surface area (Å²) in [4.78, 5) is 13.2. The molecule has 1 aliphatic heterocycles. The number of aliphatic imine (C=N–C) groups is 1. The van der Waals surface area contributed by atoms with Crippen molar-refractivity contribution < 1.29 is 9.47 Å². The van der Waals surface area contributed by atoms with Gasteiger partial charge in [-0.1, -0.05) is 19.1 Å². The average Bonchev–Trinajstić information content (AvgIpc) is 3.28. The van der Waals surface area contributed by atoms with Crippen LogP contribution in [0.3, 0.4) is 0 Å². The Bertz CT molecular complexity index is 809. The molecule has 0 spiro atoms. The van der Waals surface area contributed by atoms with Gasteiger partial charge in [-0.2, -0.15) is 0 Å². The van der Waals surface area contributed by atoms with Crippen LogP contribution in [0.5, 0.6) is 5.75 Å². The van der Waals surface area contributed by atoms with Crippen LogP contribution in [0.25, 0.3) is 0 Å². The molecule has 0 radical (unpaired) electrons. The monoisotopic (exact) mass is 573 g/mol. The molecule has 2 heterocycles. The van der Waals surface area contributed by atoms with Gasteiger partial charge < -0.3 is 20.1 Å². The molecule has 1 aromatic carbocycles. The van der Waals surface area contributed by atoms with Crippen molar-refractivity contribution in [1.82, 2.24) is 20.5 Å². The summed E-state index contributed by atoms with van der Waals surface area (Å²) in [5, 5.41) is 8.01. The Balaban J connectivity index is 0.00000363. The molecule has 2 N–H and O–H groups in total. The highest BCUT2D eigenvalue weighted by molar-refractivity contribution is 14.0. The summed E-state index contributed by atoms with van der Waals surface area (Å²) < 4.78 is 10.9. The van der Waals surface area contributed by atoms with Gasteiger partial charge in [-0.25, -0.2) is 4.98 Å². The highest BCUT2D eigenvalue weighted by Crippen LogP contribution is 2.24. The Morgan fingerprint density at radius 1 is 1.22 bits per heavy atom. The normalized spacial score (nSPS) is 15.7. The Morgan fingerprint density at radius 3 is 2.59 bits per heavy atom. The fourth-order valence-electron chi connectivity index (χ4n) is 3.58. The number of hydrogen-bond acceptors (Lipinski definition) is 6. The summed E-state index contributed by atoms with van der Waals surface area (Å²) in [6, 6.07) is 8.53. The van der Waals surface area contributed by atoms with Crippen molar-refractivity contribution >= 4 is 41.3 Å². The van der Waals surface area contributed by atoms with E-state index in [0.717, 1.165) is 63.9 Å². The molecule has 32 heavy (non-hydrogen) atoms. The van der Waals surface area contributed by atoms with Gasteiger partial charge in [0.1, 0.15) is 5.75 Å². The van der Waals surface area contributed by atoms with Crippen LogP contribution in [0.1, 0.15) is 35.3 Å². The van der Waals surface area contributed by atoms with Crippen LogP contribution >= 0.6 is 35.3 Å². The molecule has 1 aromatic heterocycles. The first-order valence-electron chi connectivity index (χ1n) is 11.1. The van der Waals surface area contributed by atoms with E-state index in [9.17, 15) is 0 Å². The molecule has 1 saturated heterocycles. The number of aryl methyl sites for hydroxylation is 1. The zero-order chi connectivity index (χ0) is 21.9. The molecule has 1 aliphatic rings. The number of halogens is 1. The maximum absolute atomic E-state index is 5.56. The Kier molecular flexibility index (Phi) is 12.3. The van der Waals surface area contributed by atoms with Gasteiger partial charge in [0.25, 0.3) is 0 Å². The number of nitrogens with zero attached hydrogens (tertiary/aromatic N) is 3. The van der Waals surface area contributed by atoms with Crippen molar-refractivity contribution in [2.75, 3.05) is 53.0 Å². The number of benzene rings is 1. The predicted octanol–water partition coefficient (Wildman–Crippen LogP) is 3.50. The first-order valence-corrected chi connectivity index (χ1v) is 12.0. The summed E-state index contributed by atoms with van der Waals surface area (Å²) >= 11 is 1.80. The molecule has 9 heteroatoms. The zero-order valence-corrected chi connectivity index (χ0v) is 22.4. The first-order chi connectivity index (χ1) is 15.2. The smallest absolute Gasteiger partial charge is 0.191 e. The maximum atomic E-state index is 5.56. The molecule has 2 aromatic rings. The number of rotatable bonds is 10.